The summed E-state index contributed by atoms with van der Waals surface area (Å²) < 4.78 is 2.71. The van der Waals surface area contributed by atoms with E-state index < -0.39 is 16.5 Å². The van der Waals surface area contributed by atoms with Crippen LogP contribution >= 0.6 is 0 Å². The molecule has 5 heteroatoms. The molecule has 1 rings (SSSR count). The lowest BCUT2D eigenvalue weighted by Gasteiger charge is -2.45. The number of aromatic nitrogens is 1. The van der Waals surface area contributed by atoms with E-state index in [2.05, 4.69) is 68.4 Å². The van der Waals surface area contributed by atoms with E-state index in [-0.39, 0.29) is 0 Å². The molecule has 1 N–H and O–H groups in total. The Bertz CT molecular complexity index is 528. The van der Waals surface area contributed by atoms with Crippen LogP contribution in [0, 0.1) is 11.3 Å². The number of nitrogens with one attached hydrogen (secondary N) is 1. The predicted octanol–water partition coefficient (Wildman–Crippen LogP) is 5.27. The van der Waals surface area contributed by atoms with Crippen molar-refractivity contribution in [2.24, 2.45) is 0 Å². The standard InChI is InChI=1S/C17H33N3Si2/c1-9-11-14-15(12-10-2)17(19-16(14)13-18)20(21(3,4)5)22(6,7)8/h19H,9-12H2,1-8H3. The maximum Gasteiger partial charge on any atom is 0.139 e. The number of H-pyrrole nitrogens is 1. The molecule has 22 heavy (non-hydrogen) atoms. The van der Waals surface area contributed by atoms with Crippen molar-refractivity contribution in [1.82, 2.24) is 4.98 Å². The van der Waals surface area contributed by atoms with E-state index in [0.717, 1.165) is 31.4 Å². The first kappa shape index (κ1) is 19.1. The highest BCUT2D eigenvalue weighted by molar-refractivity contribution is 6.99. The van der Waals surface area contributed by atoms with Crippen molar-refractivity contribution in [3.8, 4) is 6.07 Å². The number of anilines is 1. The molecule has 0 spiro atoms. The summed E-state index contributed by atoms with van der Waals surface area (Å²) >= 11 is 0. The molecule has 0 fully saturated rings. The highest BCUT2D eigenvalue weighted by Gasteiger charge is 2.37. The van der Waals surface area contributed by atoms with Crippen molar-refractivity contribution >= 4 is 22.3 Å². The first-order chi connectivity index (χ1) is 10.1. The van der Waals surface area contributed by atoms with Gasteiger partial charge in [0.15, 0.2) is 0 Å². The minimum Gasteiger partial charge on any atom is -0.411 e. The van der Waals surface area contributed by atoms with Gasteiger partial charge in [0, 0.05) is 0 Å². The van der Waals surface area contributed by atoms with E-state index in [1.165, 1.54) is 16.9 Å². The van der Waals surface area contributed by atoms with Crippen LogP contribution in [-0.2, 0) is 12.8 Å². The molecular weight excluding hydrogens is 302 g/mol. The highest BCUT2D eigenvalue weighted by atomic mass is 28.4. The van der Waals surface area contributed by atoms with Gasteiger partial charge in [-0.25, -0.2) is 0 Å². The molecule has 1 heterocycles. The fraction of sp³-hybridized carbons (Fsp3) is 0.706. The summed E-state index contributed by atoms with van der Waals surface area (Å²) in [4.78, 5) is 3.52. The van der Waals surface area contributed by atoms with Crippen LogP contribution in [0.3, 0.4) is 0 Å². The quantitative estimate of drug-likeness (QED) is 0.690. The van der Waals surface area contributed by atoms with Crippen molar-refractivity contribution in [2.75, 3.05) is 4.23 Å². The molecule has 0 saturated carbocycles. The summed E-state index contributed by atoms with van der Waals surface area (Å²) in [6.45, 7) is 18.9. The molecule has 0 unspecified atom stereocenters. The largest absolute Gasteiger partial charge is 0.411 e. The van der Waals surface area contributed by atoms with E-state index in [0.29, 0.717) is 0 Å². The lowest BCUT2D eigenvalue weighted by Crippen LogP contribution is -2.60. The molecule has 124 valence electrons. The normalized spacial score (nSPS) is 12.3. The molecule has 0 atom stereocenters. The molecule has 0 aliphatic carbocycles. The van der Waals surface area contributed by atoms with Crippen LogP contribution in [0.5, 0.6) is 0 Å². The third kappa shape index (κ3) is 4.05. The Morgan fingerprint density at radius 3 is 1.73 bits per heavy atom. The lowest BCUT2D eigenvalue weighted by molar-refractivity contribution is 0.867. The molecule has 0 aromatic carbocycles. The van der Waals surface area contributed by atoms with Crippen LogP contribution in [0.25, 0.3) is 0 Å². The lowest BCUT2D eigenvalue weighted by atomic mass is 10.0. The van der Waals surface area contributed by atoms with E-state index in [9.17, 15) is 5.26 Å². The van der Waals surface area contributed by atoms with Crippen LogP contribution in [0.2, 0.25) is 39.3 Å². The van der Waals surface area contributed by atoms with E-state index in [1.807, 2.05) is 0 Å². The summed E-state index contributed by atoms with van der Waals surface area (Å²) in [6, 6.07) is 2.41. The first-order valence-corrected chi connectivity index (χ1v) is 15.4. The highest BCUT2D eigenvalue weighted by Crippen LogP contribution is 2.35. The van der Waals surface area contributed by atoms with Gasteiger partial charge in [0.05, 0.1) is 5.82 Å². The summed E-state index contributed by atoms with van der Waals surface area (Å²) in [5, 5.41) is 9.56. The topological polar surface area (TPSA) is 42.8 Å². The SMILES string of the molecule is CCCc1c(C#N)[nH]c(N([Si](C)(C)C)[Si](C)(C)C)c1CCC. The van der Waals surface area contributed by atoms with Crippen molar-refractivity contribution in [3.05, 3.63) is 16.8 Å². The Labute approximate surface area is 138 Å². The van der Waals surface area contributed by atoms with Gasteiger partial charge in [-0.2, -0.15) is 5.26 Å². The van der Waals surface area contributed by atoms with Crippen molar-refractivity contribution in [1.29, 1.82) is 5.26 Å². The number of hydrogen-bond donors (Lipinski definition) is 1. The molecule has 0 amide bonds. The fourth-order valence-electron chi connectivity index (χ4n) is 3.57. The van der Waals surface area contributed by atoms with Crippen molar-refractivity contribution < 1.29 is 0 Å². The number of nitrogens with zero attached hydrogens (tertiary/aromatic N) is 2. The molecule has 3 nitrogen and oxygen atoms in total. The molecule has 0 aliphatic rings. The second-order valence-electron chi connectivity index (χ2n) is 8.09. The summed E-state index contributed by atoms with van der Waals surface area (Å²) in [5.74, 6) is 1.26. The molecule has 0 radical (unpaired) electrons. The average Bonchev–Trinajstić information content (AvgIpc) is 2.66. The third-order valence-electron chi connectivity index (χ3n) is 3.87. The van der Waals surface area contributed by atoms with E-state index in [4.69, 9.17) is 0 Å². The molecular formula is C17H33N3Si2. The van der Waals surface area contributed by atoms with Gasteiger partial charge in [-0.1, -0.05) is 66.0 Å². The molecule has 0 saturated heterocycles. The Hall–Kier alpha value is -0.996. The Balaban J connectivity index is 3.59. The van der Waals surface area contributed by atoms with Crippen LogP contribution in [0.4, 0.5) is 5.82 Å². The van der Waals surface area contributed by atoms with Gasteiger partial charge in [0.25, 0.3) is 0 Å². The molecule has 0 aliphatic heterocycles. The molecule has 0 bridgehead atoms. The summed E-state index contributed by atoms with van der Waals surface area (Å²) in [7, 11) is -3.03. The van der Waals surface area contributed by atoms with Gasteiger partial charge in [-0.3, -0.25) is 0 Å². The smallest absolute Gasteiger partial charge is 0.139 e. The van der Waals surface area contributed by atoms with Crippen molar-refractivity contribution in [2.45, 2.75) is 78.8 Å². The zero-order valence-electron chi connectivity index (χ0n) is 15.7. The Morgan fingerprint density at radius 1 is 0.909 bits per heavy atom. The van der Waals surface area contributed by atoms with Crippen LogP contribution in [0.15, 0.2) is 0 Å². The van der Waals surface area contributed by atoms with Crippen LogP contribution in [-0.4, -0.2) is 21.5 Å². The third-order valence-corrected chi connectivity index (χ3v) is 11.0. The van der Waals surface area contributed by atoms with Crippen molar-refractivity contribution in [3.63, 3.8) is 0 Å². The summed E-state index contributed by atoms with van der Waals surface area (Å²) in [6.07, 6.45) is 4.27. The maximum atomic E-state index is 9.56. The van der Waals surface area contributed by atoms with Crippen LogP contribution < -0.4 is 4.23 Å². The Morgan fingerprint density at radius 2 is 1.36 bits per heavy atom. The average molecular weight is 336 g/mol. The summed E-state index contributed by atoms with van der Waals surface area (Å²) in [5.41, 5.74) is 3.47. The maximum absolute atomic E-state index is 9.56. The van der Waals surface area contributed by atoms with Gasteiger partial charge in [0.1, 0.15) is 28.2 Å². The Kier molecular flexibility index (Phi) is 6.11. The number of nitriles is 1. The number of hydrogen-bond acceptors (Lipinski definition) is 2. The van der Waals surface area contributed by atoms with Gasteiger partial charge < -0.3 is 9.22 Å². The second-order valence-corrected chi connectivity index (χ2v) is 18.1. The zero-order valence-corrected chi connectivity index (χ0v) is 17.7. The van der Waals surface area contributed by atoms with E-state index >= 15 is 0 Å². The van der Waals surface area contributed by atoms with Gasteiger partial charge in [-0.15, -0.1) is 0 Å². The number of rotatable bonds is 7. The molecule has 1 aromatic heterocycles. The van der Waals surface area contributed by atoms with Crippen LogP contribution in [0.1, 0.15) is 43.5 Å². The minimum absolute atomic E-state index is 0.793. The van der Waals surface area contributed by atoms with Gasteiger partial charge >= 0.3 is 0 Å². The fourth-order valence-corrected chi connectivity index (χ4v) is 13.3. The molecule has 1 aromatic rings. The number of aromatic amines is 1. The predicted molar refractivity (Wildman–Crippen MR) is 103 cm³/mol. The minimum atomic E-state index is -1.51. The zero-order chi connectivity index (χ0) is 17.1. The first-order valence-electron chi connectivity index (χ1n) is 8.52. The van der Waals surface area contributed by atoms with Gasteiger partial charge in [-0.05, 0) is 24.0 Å². The monoisotopic (exact) mass is 335 g/mol. The van der Waals surface area contributed by atoms with Gasteiger partial charge in [0.2, 0.25) is 0 Å². The second kappa shape index (κ2) is 7.05. The van der Waals surface area contributed by atoms with E-state index in [1.54, 1.807) is 0 Å².